The Labute approximate surface area is 155 Å². The first-order chi connectivity index (χ1) is 10.4. The van der Waals surface area contributed by atoms with Gasteiger partial charge in [-0.15, -0.1) is 0 Å². The molecule has 1 unspecified atom stereocenters. The second kappa shape index (κ2) is 5.93. The van der Waals surface area contributed by atoms with Gasteiger partial charge in [0.1, 0.15) is 5.75 Å². The van der Waals surface area contributed by atoms with Crippen LogP contribution in [-0.4, -0.2) is 10.2 Å². The van der Waals surface area contributed by atoms with E-state index in [0.717, 1.165) is 5.56 Å². The minimum Gasteiger partial charge on any atom is -0.430 e. The molecule has 0 aromatic heterocycles. The van der Waals surface area contributed by atoms with Crippen molar-refractivity contribution in [2.75, 3.05) is 0 Å². The lowest BCUT2D eigenvalue weighted by Crippen LogP contribution is -2.40. The average Bonchev–Trinajstić information content (AvgIpc) is 2.32. The van der Waals surface area contributed by atoms with Crippen LogP contribution in [0.2, 0.25) is 0 Å². The van der Waals surface area contributed by atoms with Crippen molar-refractivity contribution in [3.8, 4) is 5.75 Å². The maximum Gasteiger partial charge on any atom is 0.334 e. The lowest BCUT2D eigenvalue weighted by Gasteiger charge is -2.45. The lowest BCUT2D eigenvalue weighted by atomic mass is 10.1. The third-order valence-corrected chi connectivity index (χ3v) is 15.3. The van der Waals surface area contributed by atoms with E-state index in [9.17, 15) is 0 Å². The van der Waals surface area contributed by atoms with Crippen molar-refractivity contribution in [1.29, 1.82) is 0 Å². The lowest BCUT2D eigenvalue weighted by molar-refractivity contribution is 0.222. The summed E-state index contributed by atoms with van der Waals surface area (Å²) in [6.07, 6.45) is 0. The normalized spacial score (nSPS) is 28.8. The Balaban J connectivity index is 2.30. The highest BCUT2D eigenvalue weighted by atomic mass is 35.9. The fraction of sp³-hybridized carbons (Fsp3) is 0.455. The molecule has 3 rings (SSSR count). The van der Waals surface area contributed by atoms with E-state index >= 15 is 0 Å². The maximum atomic E-state index is 6.29. The van der Waals surface area contributed by atoms with E-state index in [1.54, 1.807) is 0 Å². The molecule has 2 aliphatic rings. The van der Waals surface area contributed by atoms with Gasteiger partial charge in [-0.25, -0.2) is 4.67 Å². The fourth-order valence-electron chi connectivity index (χ4n) is 2.38. The molecule has 0 N–H and O–H groups in total. The van der Waals surface area contributed by atoms with Crippen LogP contribution in [0.15, 0.2) is 37.8 Å². The number of hydrogen-bond acceptors (Lipinski definition) is 5. The number of rotatable bonds is 0. The molecule has 1 atom stereocenters. The van der Waals surface area contributed by atoms with Gasteiger partial charge in [0.25, 0.3) is 11.8 Å². The molecule has 0 saturated heterocycles. The van der Waals surface area contributed by atoms with E-state index in [1.165, 1.54) is 0 Å². The Morgan fingerprint density at radius 3 is 2.22 bits per heavy atom. The van der Waals surface area contributed by atoms with Crippen molar-refractivity contribution in [2.24, 2.45) is 13.5 Å². The number of fused-ring (bicyclic) bond motifs is 1. The SMILES string of the molecule is CC(C)(C)N1Cc2ccccc2OP12=NP(Cl)(Cl)=NP(Cl)(Cl)=N2. The average molecular weight is 454 g/mol. The van der Waals surface area contributed by atoms with Gasteiger partial charge >= 0.3 is 7.58 Å². The predicted octanol–water partition coefficient (Wildman–Crippen LogP) is 8.49. The highest BCUT2D eigenvalue weighted by Crippen LogP contribution is 2.86. The Morgan fingerprint density at radius 1 is 1.00 bits per heavy atom. The van der Waals surface area contributed by atoms with Crippen LogP contribution in [0.4, 0.5) is 0 Å². The van der Waals surface area contributed by atoms with Gasteiger partial charge in [-0.2, -0.15) is 13.5 Å². The molecule has 0 radical (unpaired) electrons. The number of para-hydroxylation sites is 1. The van der Waals surface area contributed by atoms with Gasteiger partial charge in [0.2, 0.25) is 0 Å². The molecule has 0 aliphatic carbocycles. The van der Waals surface area contributed by atoms with Crippen LogP contribution >= 0.6 is 64.4 Å². The van der Waals surface area contributed by atoms with E-state index in [4.69, 9.17) is 49.5 Å². The minimum atomic E-state index is -3.04. The zero-order valence-corrected chi connectivity index (χ0v) is 18.3. The van der Waals surface area contributed by atoms with Gasteiger partial charge in [0.15, 0.2) is 0 Å². The summed E-state index contributed by atoms with van der Waals surface area (Å²) < 4.78 is 21.4. The number of benzene rings is 1. The minimum absolute atomic E-state index is 0.298. The molecule has 0 saturated carbocycles. The van der Waals surface area contributed by atoms with Crippen molar-refractivity contribution >= 4 is 64.4 Å². The molecule has 12 heteroatoms. The molecule has 0 fully saturated rings. The van der Waals surface area contributed by atoms with Gasteiger partial charge in [-0.1, -0.05) is 18.2 Å². The summed E-state index contributed by atoms with van der Waals surface area (Å²) in [5, 5.41) is 0. The quantitative estimate of drug-likeness (QED) is 0.369. The standard InChI is InChI=1S/C11H15Cl4N4OP3/c1-11(2,3)19-8-9-6-4-5-7-10(9)20-23(19)17-21(12,13)16-22(14,15)18-23/h4-7H,8H2,1-3H3. The summed E-state index contributed by atoms with van der Waals surface area (Å²) in [4.78, 5) is 0. The van der Waals surface area contributed by atoms with Crippen molar-refractivity contribution < 1.29 is 4.52 Å². The highest BCUT2D eigenvalue weighted by Gasteiger charge is 2.47. The zero-order chi connectivity index (χ0) is 17.1. The molecule has 1 aromatic rings. The van der Waals surface area contributed by atoms with Crippen molar-refractivity contribution in [2.45, 2.75) is 32.9 Å². The highest BCUT2D eigenvalue weighted by molar-refractivity contribution is 8.20. The van der Waals surface area contributed by atoms with Crippen LogP contribution in [0.25, 0.3) is 0 Å². The van der Waals surface area contributed by atoms with Crippen molar-refractivity contribution in [3.05, 3.63) is 29.8 Å². The van der Waals surface area contributed by atoms with Gasteiger partial charge < -0.3 is 4.52 Å². The molecule has 5 nitrogen and oxygen atoms in total. The summed E-state index contributed by atoms with van der Waals surface area (Å²) in [6.45, 7) is 6.75. The molecule has 0 bridgehead atoms. The third-order valence-electron chi connectivity index (χ3n) is 3.27. The van der Waals surface area contributed by atoms with Crippen LogP contribution in [0.1, 0.15) is 26.3 Å². The Morgan fingerprint density at radius 2 is 1.61 bits per heavy atom. The van der Waals surface area contributed by atoms with Crippen LogP contribution in [0.3, 0.4) is 0 Å². The first-order valence-electron chi connectivity index (χ1n) is 6.68. The Hall–Kier alpha value is 0.830. The van der Waals surface area contributed by atoms with Crippen LogP contribution in [-0.2, 0) is 6.54 Å². The molecule has 128 valence electrons. The summed E-state index contributed by atoms with van der Waals surface area (Å²) in [7, 11) is -2.93. The summed E-state index contributed by atoms with van der Waals surface area (Å²) >= 11 is 25.1. The molecule has 0 amide bonds. The monoisotopic (exact) mass is 452 g/mol. The van der Waals surface area contributed by atoms with Gasteiger partial charge in [-0.3, -0.25) is 0 Å². The second-order valence-corrected chi connectivity index (χ2v) is 18.5. The predicted molar refractivity (Wildman–Crippen MR) is 104 cm³/mol. The van der Waals surface area contributed by atoms with Crippen LogP contribution < -0.4 is 4.52 Å². The maximum absolute atomic E-state index is 6.29. The molecule has 23 heavy (non-hydrogen) atoms. The Kier molecular flexibility index (Phi) is 4.80. The molecular weight excluding hydrogens is 439 g/mol. The second-order valence-electron chi connectivity index (χ2n) is 6.12. The van der Waals surface area contributed by atoms with Crippen molar-refractivity contribution in [3.63, 3.8) is 0 Å². The van der Waals surface area contributed by atoms with Crippen LogP contribution in [0.5, 0.6) is 5.75 Å². The molecule has 2 aliphatic heterocycles. The first-order valence-corrected chi connectivity index (χ1v) is 15.3. The summed E-state index contributed by atoms with van der Waals surface area (Å²) in [5.41, 5.74) is 0.745. The van der Waals surface area contributed by atoms with Gasteiger partial charge in [0.05, 0.1) is 0 Å². The van der Waals surface area contributed by atoms with Gasteiger partial charge in [-0.05, 0) is 71.8 Å². The van der Waals surface area contributed by atoms with E-state index < -0.39 is 19.4 Å². The topological polar surface area (TPSA) is 49.5 Å². The van der Waals surface area contributed by atoms with Crippen molar-refractivity contribution in [1.82, 2.24) is 4.67 Å². The number of halogens is 4. The fourth-order valence-corrected chi connectivity index (χ4v) is 17.7. The largest absolute Gasteiger partial charge is 0.430 e. The smallest absolute Gasteiger partial charge is 0.334 e. The zero-order valence-electron chi connectivity index (χ0n) is 12.6. The number of hydrogen-bond donors (Lipinski definition) is 0. The van der Waals surface area contributed by atoms with E-state index in [1.807, 2.05) is 45.0 Å². The van der Waals surface area contributed by atoms with E-state index in [2.05, 4.69) is 18.2 Å². The first kappa shape index (κ1) is 18.6. The van der Waals surface area contributed by atoms with E-state index in [-0.39, 0.29) is 5.54 Å². The molecule has 1 spiro atoms. The van der Waals surface area contributed by atoms with Crippen LogP contribution in [0, 0.1) is 0 Å². The molecule has 1 aromatic carbocycles. The molecule has 2 heterocycles. The van der Waals surface area contributed by atoms with Gasteiger partial charge in [0, 0.05) is 17.6 Å². The van der Waals surface area contributed by atoms with E-state index in [0.29, 0.717) is 12.3 Å². The number of nitrogens with zero attached hydrogens (tertiary/aromatic N) is 4. The third kappa shape index (κ3) is 3.83. The summed E-state index contributed by atoms with van der Waals surface area (Å²) in [6, 6.07) is 7.74. The molecular formula is C11H15Cl4N4OP3. The summed E-state index contributed by atoms with van der Waals surface area (Å²) in [5.74, 6) is -5.38. The Bertz CT molecular complexity index is 815.